The zero-order valence-corrected chi connectivity index (χ0v) is 11.7. The van der Waals surface area contributed by atoms with Crippen molar-refractivity contribution in [2.45, 2.75) is 39.4 Å². The molecule has 6 heteroatoms. The average Bonchev–Trinajstić information content (AvgIpc) is 2.73. The molecule has 1 N–H and O–H groups in total. The molecule has 1 aromatic heterocycles. The molecule has 102 valence electrons. The number of nitrogens with zero attached hydrogens (tertiary/aromatic N) is 1. The molecule has 0 amide bonds. The molecule has 1 atom stereocenters. The average molecular weight is 273 g/mol. The van der Waals surface area contributed by atoms with Crippen molar-refractivity contribution in [2.75, 3.05) is 13.7 Å². The Bertz CT molecular complexity index is 385. The Labute approximate surface area is 111 Å². The molecular formula is C12H19NO4S. The van der Waals surface area contributed by atoms with Gasteiger partial charge in [-0.25, -0.2) is 9.78 Å². The quantitative estimate of drug-likeness (QED) is 0.788. The summed E-state index contributed by atoms with van der Waals surface area (Å²) in [5.74, 6) is -0.961. The first-order valence-electron chi connectivity index (χ1n) is 5.97. The molecule has 0 fully saturated rings. The van der Waals surface area contributed by atoms with Crippen molar-refractivity contribution in [2.24, 2.45) is 0 Å². The second-order valence-electron chi connectivity index (χ2n) is 3.80. The van der Waals surface area contributed by atoms with Crippen LogP contribution in [-0.4, -0.2) is 29.8 Å². The summed E-state index contributed by atoms with van der Waals surface area (Å²) in [5, 5.41) is 9.85. The molecule has 0 aromatic carbocycles. The molecule has 1 unspecified atom stereocenters. The van der Waals surface area contributed by atoms with Crippen molar-refractivity contribution >= 4 is 17.3 Å². The van der Waals surface area contributed by atoms with Gasteiger partial charge in [0.25, 0.3) is 0 Å². The Morgan fingerprint density at radius 1 is 1.50 bits per heavy atom. The molecule has 0 saturated heterocycles. The fourth-order valence-electron chi connectivity index (χ4n) is 1.65. The molecule has 18 heavy (non-hydrogen) atoms. The first kappa shape index (κ1) is 15.1. The Balaban J connectivity index is 2.99. The number of carboxylic acids is 1. The highest BCUT2D eigenvalue weighted by Gasteiger charge is 2.22. The summed E-state index contributed by atoms with van der Waals surface area (Å²) in [6, 6.07) is 0. The number of carboxylic acid groups (broad SMARTS) is 1. The van der Waals surface area contributed by atoms with Crippen LogP contribution in [0.1, 0.15) is 53.2 Å². The fraction of sp³-hybridized carbons (Fsp3) is 0.667. The molecule has 0 spiro atoms. The number of aromatic nitrogens is 1. The Hall–Kier alpha value is -0.980. The van der Waals surface area contributed by atoms with Crippen molar-refractivity contribution in [3.05, 3.63) is 15.6 Å². The minimum atomic E-state index is -0.961. The smallest absolute Gasteiger partial charge is 0.347 e. The lowest BCUT2D eigenvalue weighted by Gasteiger charge is -2.12. The molecular weight excluding hydrogens is 254 g/mol. The highest BCUT2D eigenvalue weighted by molar-refractivity contribution is 7.13. The van der Waals surface area contributed by atoms with Crippen LogP contribution in [0.25, 0.3) is 0 Å². The van der Waals surface area contributed by atoms with E-state index in [1.807, 2.05) is 6.92 Å². The Morgan fingerprint density at radius 3 is 2.72 bits per heavy atom. The van der Waals surface area contributed by atoms with Crippen LogP contribution >= 0.6 is 11.3 Å². The maximum absolute atomic E-state index is 11.1. The van der Waals surface area contributed by atoms with E-state index in [0.29, 0.717) is 12.3 Å². The van der Waals surface area contributed by atoms with Gasteiger partial charge < -0.3 is 14.6 Å². The maximum Gasteiger partial charge on any atom is 0.347 e. The van der Waals surface area contributed by atoms with E-state index in [0.717, 1.165) is 17.8 Å². The molecule has 1 rings (SSSR count). The number of rotatable bonds is 8. The van der Waals surface area contributed by atoms with Gasteiger partial charge in [-0.3, -0.25) is 0 Å². The van der Waals surface area contributed by atoms with E-state index in [-0.39, 0.29) is 17.6 Å². The van der Waals surface area contributed by atoms with Gasteiger partial charge in [0.1, 0.15) is 16.0 Å². The molecule has 1 aromatic rings. The zero-order chi connectivity index (χ0) is 13.5. The summed E-state index contributed by atoms with van der Waals surface area (Å²) in [6.07, 6.45) is 1.69. The van der Waals surface area contributed by atoms with E-state index in [1.54, 1.807) is 0 Å². The molecule has 0 radical (unpaired) electrons. The minimum absolute atomic E-state index is 0.117. The summed E-state index contributed by atoms with van der Waals surface area (Å²) in [7, 11) is 1.52. The van der Waals surface area contributed by atoms with Crippen molar-refractivity contribution < 1.29 is 19.4 Å². The van der Waals surface area contributed by atoms with Crippen LogP contribution < -0.4 is 0 Å². The van der Waals surface area contributed by atoms with E-state index < -0.39 is 5.97 Å². The summed E-state index contributed by atoms with van der Waals surface area (Å²) in [5.41, 5.74) is 0.478. The van der Waals surface area contributed by atoms with Crippen molar-refractivity contribution in [3.8, 4) is 0 Å². The monoisotopic (exact) mass is 273 g/mol. The summed E-state index contributed by atoms with van der Waals surface area (Å²) in [6.45, 7) is 4.79. The number of thiazole rings is 1. The van der Waals surface area contributed by atoms with Crippen LogP contribution in [0.15, 0.2) is 0 Å². The highest BCUT2D eigenvalue weighted by Crippen LogP contribution is 2.29. The predicted molar refractivity (Wildman–Crippen MR) is 69.1 cm³/mol. The predicted octanol–water partition coefficient (Wildman–Crippen LogP) is 2.87. The number of hydrogen-bond donors (Lipinski definition) is 1. The van der Waals surface area contributed by atoms with Gasteiger partial charge in [-0.1, -0.05) is 13.3 Å². The SMILES string of the molecule is CCCC(OCC)c1nc(COC)c(C(=O)O)s1. The second kappa shape index (κ2) is 7.45. The molecule has 0 aliphatic rings. The summed E-state index contributed by atoms with van der Waals surface area (Å²) in [4.78, 5) is 15.7. The van der Waals surface area contributed by atoms with Crippen LogP contribution in [0, 0.1) is 0 Å². The molecule has 0 aliphatic heterocycles. The zero-order valence-electron chi connectivity index (χ0n) is 10.9. The summed E-state index contributed by atoms with van der Waals surface area (Å²) < 4.78 is 10.6. The molecule has 0 saturated carbocycles. The van der Waals surface area contributed by atoms with E-state index in [9.17, 15) is 4.79 Å². The van der Waals surface area contributed by atoms with E-state index in [2.05, 4.69) is 11.9 Å². The van der Waals surface area contributed by atoms with Crippen molar-refractivity contribution in [1.82, 2.24) is 4.98 Å². The standard InChI is InChI=1S/C12H19NO4S/c1-4-6-9(17-5-2)11-13-8(7-16-3)10(18-11)12(14)15/h9H,4-7H2,1-3H3,(H,14,15). The van der Waals surface area contributed by atoms with Gasteiger partial charge in [-0.15, -0.1) is 11.3 Å². The second-order valence-corrected chi connectivity index (χ2v) is 4.83. The van der Waals surface area contributed by atoms with E-state index in [4.69, 9.17) is 14.6 Å². The molecule has 0 aliphatic carbocycles. The van der Waals surface area contributed by atoms with E-state index >= 15 is 0 Å². The maximum atomic E-state index is 11.1. The van der Waals surface area contributed by atoms with Gasteiger partial charge in [0.15, 0.2) is 0 Å². The number of ether oxygens (including phenoxy) is 2. The number of methoxy groups -OCH3 is 1. The lowest BCUT2D eigenvalue weighted by Crippen LogP contribution is -2.04. The van der Waals surface area contributed by atoms with Gasteiger partial charge in [0.05, 0.1) is 12.3 Å². The highest BCUT2D eigenvalue weighted by atomic mass is 32.1. The van der Waals surface area contributed by atoms with Crippen molar-refractivity contribution in [3.63, 3.8) is 0 Å². The third-order valence-corrected chi connectivity index (χ3v) is 3.56. The van der Waals surface area contributed by atoms with Crippen LogP contribution in [0.5, 0.6) is 0 Å². The fourth-order valence-corrected chi connectivity index (χ4v) is 2.64. The Morgan fingerprint density at radius 2 is 2.22 bits per heavy atom. The van der Waals surface area contributed by atoms with Crippen LogP contribution in [-0.2, 0) is 16.1 Å². The van der Waals surface area contributed by atoms with Crippen LogP contribution in [0.4, 0.5) is 0 Å². The normalized spacial score (nSPS) is 12.6. The van der Waals surface area contributed by atoms with Gasteiger partial charge in [0, 0.05) is 13.7 Å². The topological polar surface area (TPSA) is 68.7 Å². The first-order valence-corrected chi connectivity index (χ1v) is 6.79. The first-order chi connectivity index (χ1) is 8.63. The molecule has 1 heterocycles. The third-order valence-electron chi connectivity index (χ3n) is 2.38. The third kappa shape index (κ3) is 3.76. The lowest BCUT2D eigenvalue weighted by molar-refractivity contribution is 0.0551. The van der Waals surface area contributed by atoms with Gasteiger partial charge in [0.2, 0.25) is 0 Å². The van der Waals surface area contributed by atoms with Crippen LogP contribution in [0.3, 0.4) is 0 Å². The van der Waals surface area contributed by atoms with Gasteiger partial charge in [-0.2, -0.15) is 0 Å². The molecule has 5 nitrogen and oxygen atoms in total. The van der Waals surface area contributed by atoms with E-state index in [1.165, 1.54) is 18.4 Å². The molecule has 0 bridgehead atoms. The van der Waals surface area contributed by atoms with Crippen LogP contribution in [0.2, 0.25) is 0 Å². The van der Waals surface area contributed by atoms with Crippen molar-refractivity contribution in [1.29, 1.82) is 0 Å². The van der Waals surface area contributed by atoms with Gasteiger partial charge in [-0.05, 0) is 13.3 Å². The number of carbonyl (C=O) groups is 1. The Kier molecular flexibility index (Phi) is 6.24. The largest absolute Gasteiger partial charge is 0.477 e. The lowest BCUT2D eigenvalue weighted by atomic mass is 10.2. The summed E-state index contributed by atoms with van der Waals surface area (Å²) >= 11 is 1.18. The number of hydrogen-bond acceptors (Lipinski definition) is 5. The number of aromatic carboxylic acids is 1. The minimum Gasteiger partial charge on any atom is -0.477 e. The van der Waals surface area contributed by atoms with Gasteiger partial charge >= 0.3 is 5.97 Å².